The fourth-order valence-corrected chi connectivity index (χ4v) is 1.46. The second kappa shape index (κ2) is 3.66. The van der Waals surface area contributed by atoms with Crippen LogP contribution in [0.25, 0.3) is 0 Å². The maximum absolute atomic E-state index is 4.99. The lowest BCUT2D eigenvalue weighted by molar-refractivity contribution is 0.927. The third-order valence-electron chi connectivity index (χ3n) is 2.01. The molecule has 0 aromatic heterocycles. The Morgan fingerprint density at radius 3 is 2.54 bits per heavy atom. The second-order valence-corrected chi connectivity index (χ2v) is 3.45. The summed E-state index contributed by atoms with van der Waals surface area (Å²) in [6, 6.07) is 10.2. The summed E-state index contributed by atoms with van der Waals surface area (Å²) in [5, 5.41) is 4.21. The van der Waals surface area contributed by atoms with Crippen molar-refractivity contribution < 1.29 is 0 Å². The summed E-state index contributed by atoms with van der Waals surface area (Å²) in [6.45, 7) is 0. The van der Waals surface area contributed by atoms with Crippen LogP contribution in [0.1, 0.15) is 18.4 Å². The van der Waals surface area contributed by atoms with Gasteiger partial charge in [0.2, 0.25) is 0 Å². The van der Waals surface area contributed by atoms with Gasteiger partial charge >= 0.3 is 0 Å². The van der Waals surface area contributed by atoms with Gasteiger partial charge in [-0.1, -0.05) is 42.5 Å². The highest BCUT2D eigenvalue weighted by atomic mass is 32.1. The summed E-state index contributed by atoms with van der Waals surface area (Å²) in [5.41, 5.74) is 5.12. The highest BCUT2D eigenvalue weighted by Gasteiger charge is 2.09. The molecule has 0 saturated heterocycles. The Morgan fingerprint density at radius 1 is 1.15 bits per heavy atom. The van der Waals surface area contributed by atoms with Crippen molar-refractivity contribution >= 4 is 22.9 Å². The monoisotopic (exact) mass is 190 g/mol. The SMILES string of the molecule is S=C1CCC(c2ccccc2)=NN1. The molecule has 1 aliphatic heterocycles. The first kappa shape index (κ1) is 8.38. The summed E-state index contributed by atoms with van der Waals surface area (Å²) in [4.78, 5) is 0.833. The molecule has 2 nitrogen and oxygen atoms in total. The number of nitrogens with zero attached hydrogens (tertiary/aromatic N) is 1. The average molecular weight is 190 g/mol. The number of benzene rings is 1. The fraction of sp³-hybridized carbons (Fsp3) is 0.200. The lowest BCUT2D eigenvalue weighted by Crippen LogP contribution is -2.24. The first-order valence-corrected chi connectivity index (χ1v) is 4.68. The number of hydrogen-bond acceptors (Lipinski definition) is 2. The van der Waals surface area contributed by atoms with Crippen LogP contribution in [0.3, 0.4) is 0 Å². The van der Waals surface area contributed by atoms with Crippen LogP contribution in [-0.4, -0.2) is 10.7 Å². The van der Waals surface area contributed by atoms with Gasteiger partial charge in [-0.15, -0.1) is 0 Å². The lowest BCUT2D eigenvalue weighted by atomic mass is 10.1. The van der Waals surface area contributed by atoms with Crippen LogP contribution >= 0.6 is 12.2 Å². The number of thiocarbonyl (C=S) groups is 1. The van der Waals surface area contributed by atoms with Gasteiger partial charge in [-0.25, -0.2) is 0 Å². The first-order chi connectivity index (χ1) is 6.36. The van der Waals surface area contributed by atoms with Crippen molar-refractivity contribution in [2.24, 2.45) is 5.10 Å². The van der Waals surface area contributed by atoms with Crippen molar-refractivity contribution in [3.8, 4) is 0 Å². The van der Waals surface area contributed by atoms with E-state index in [-0.39, 0.29) is 0 Å². The Bertz CT molecular complexity index is 343. The Balaban J connectivity index is 2.23. The van der Waals surface area contributed by atoms with Gasteiger partial charge in [0.05, 0.1) is 10.7 Å². The molecule has 0 atom stereocenters. The Hall–Kier alpha value is -1.22. The lowest BCUT2D eigenvalue weighted by Gasteiger charge is -2.13. The summed E-state index contributed by atoms with van der Waals surface area (Å²) in [5.74, 6) is 0. The van der Waals surface area contributed by atoms with Crippen LogP contribution in [0.4, 0.5) is 0 Å². The molecule has 3 heteroatoms. The minimum absolute atomic E-state index is 0.833. The van der Waals surface area contributed by atoms with Gasteiger partial charge in [0, 0.05) is 6.42 Å². The maximum Gasteiger partial charge on any atom is 0.0965 e. The highest BCUT2D eigenvalue weighted by Crippen LogP contribution is 2.09. The van der Waals surface area contributed by atoms with Crippen molar-refractivity contribution in [3.05, 3.63) is 35.9 Å². The van der Waals surface area contributed by atoms with E-state index in [1.54, 1.807) is 0 Å². The normalized spacial score (nSPS) is 16.3. The zero-order valence-corrected chi connectivity index (χ0v) is 7.97. The molecule has 0 unspecified atom stereocenters. The van der Waals surface area contributed by atoms with Gasteiger partial charge < -0.3 is 0 Å². The van der Waals surface area contributed by atoms with E-state index in [4.69, 9.17) is 12.2 Å². The van der Waals surface area contributed by atoms with Crippen LogP contribution in [-0.2, 0) is 0 Å². The molecule has 0 bridgehead atoms. The van der Waals surface area contributed by atoms with Crippen molar-refractivity contribution in [1.29, 1.82) is 0 Å². The summed E-state index contributed by atoms with van der Waals surface area (Å²) >= 11 is 4.99. The second-order valence-electron chi connectivity index (χ2n) is 2.96. The van der Waals surface area contributed by atoms with Crippen molar-refractivity contribution in [2.45, 2.75) is 12.8 Å². The zero-order valence-electron chi connectivity index (χ0n) is 7.16. The van der Waals surface area contributed by atoms with Crippen LogP contribution in [0.2, 0.25) is 0 Å². The topological polar surface area (TPSA) is 24.4 Å². The van der Waals surface area contributed by atoms with Crippen LogP contribution in [0.5, 0.6) is 0 Å². The number of hydrogen-bond donors (Lipinski definition) is 1. The van der Waals surface area contributed by atoms with E-state index in [1.165, 1.54) is 5.56 Å². The van der Waals surface area contributed by atoms with Crippen LogP contribution in [0.15, 0.2) is 35.4 Å². The summed E-state index contributed by atoms with van der Waals surface area (Å²) < 4.78 is 0. The summed E-state index contributed by atoms with van der Waals surface area (Å²) in [7, 11) is 0. The van der Waals surface area contributed by atoms with Crippen molar-refractivity contribution in [1.82, 2.24) is 5.43 Å². The molecule has 0 radical (unpaired) electrons. The third-order valence-corrected chi connectivity index (χ3v) is 2.31. The minimum Gasteiger partial charge on any atom is -0.271 e. The van der Waals surface area contributed by atoms with Gasteiger partial charge in [0.15, 0.2) is 0 Å². The first-order valence-electron chi connectivity index (χ1n) is 4.27. The fourth-order valence-electron chi connectivity index (χ4n) is 1.31. The van der Waals surface area contributed by atoms with E-state index < -0.39 is 0 Å². The molecule has 0 amide bonds. The Morgan fingerprint density at radius 2 is 1.92 bits per heavy atom. The molecule has 0 fully saturated rings. The number of hydrazone groups is 1. The highest BCUT2D eigenvalue weighted by molar-refractivity contribution is 7.80. The van der Waals surface area contributed by atoms with E-state index in [9.17, 15) is 0 Å². The third kappa shape index (κ3) is 1.92. The molecule has 1 aromatic rings. The average Bonchev–Trinajstić information content (AvgIpc) is 2.20. The molecule has 0 aliphatic carbocycles. The molecule has 66 valence electrons. The van der Waals surface area contributed by atoms with Crippen LogP contribution in [0, 0.1) is 0 Å². The van der Waals surface area contributed by atoms with Crippen molar-refractivity contribution in [3.63, 3.8) is 0 Å². The van der Waals surface area contributed by atoms with Gasteiger partial charge in [0.1, 0.15) is 0 Å². The smallest absolute Gasteiger partial charge is 0.0965 e. The van der Waals surface area contributed by atoms with E-state index in [1.807, 2.05) is 18.2 Å². The molecule has 1 heterocycles. The maximum atomic E-state index is 4.99. The van der Waals surface area contributed by atoms with Crippen LogP contribution < -0.4 is 5.43 Å². The standard InChI is InChI=1S/C10H10N2S/c13-10-7-6-9(11-12-10)8-4-2-1-3-5-8/h1-5H,6-7H2,(H,12,13). The molecule has 13 heavy (non-hydrogen) atoms. The van der Waals surface area contributed by atoms with E-state index in [2.05, 4.69) is 22.7 Å². The molecule has 0 saturated carbocycles. The van der Waals surface area contributed by atoms with E-state index in [0.717, 1.165) is 23.5 Å². The number of nitrogens with one attached hydrogen (secondary N) is 1. The number of rotatable bonds is 1. The predicted molar refractivity (Wildman–Crippen MR) is 57.9 cm³/mol. The van der Waals surface area contributed by atoms with Gasteiger partial charge in [0.25, 0.3) is 0 Å². The molecule has 2 rings (SSSR count). The predicted octanol–water partition coefficient (Wildman–Crippen LogP) is 2.10. The molecule has 1 aromatic carbocycles. The molecular formula is C10H10N2S. The largest absolute Gasteiger partial charge is 0.271 e. The molecule has 0 spiro atoms. The van der Waals surface area contributed by atoms with Gasteiger partial charge in [-0.3, -0.25) is 5.43 Å². The van der Waals surface area contributed by atoms with Gasteiger partial charge in [-0.05, 0) is 12.0 Å². The Labute approximate surface area is 82.7 Å². The summed E-state index contributed by atoms with van der Waals surface area (Å²) in [6.07, 6.45) is 1.85. The molecule has 1 aliphatic rings. The van der Waals surface area contributed by atoms with Crippen molar-refractivity contribution in [2.75, 3.05) is 0 Å². The molecular weight excluding hydrogens is 180 g/mol. The van der Waals surface area contributed by atoms with E-state index >= 15 is 0 Å². The van der Waals surface area contributed by atoms with E-state index in [0.29, 0.717) is 0 Å². The quantitative estimate of drug-likeness (QED) is 0.686. The Kier molecular flexibility index (Phi) is 2.36. The zero-order chi connectivity index (χ0) is 9.10. The molecule has 1 N–H and O–H groups in total. The minimum atomic E-state index is 0.833. The van der Waals surface area contributed by atoms with Gasteiger partial charge in [-0.2, -0.15) is 5.10 Å².